The molecule has 0 unspecified atom stereocenters. The number of nitrogens with zero attached hydrogens (tertiary/aromatic N) is 4. The van der Waals surface area contributed by atoms with E-state index in [0.29, 0.717) is 17.4 Å². The maximum Gasteiger partial charge on any atom is 0.268 e. The molecule has 0 radical (unpaired) electrons. The van der Waals surface area contributed by atoms with Crippen molar-refractivity contribution in [2.24, 2.45) is 0 Å². The minimum atomic E-state index is -0.525. The first-order chi connectivity index (χ1) is 15.1. The second-order valence-corrected chi connectivity index (χ2v) is 7.61. The predicted octanol–water partition coefficient (Wildman–Crippen LogP) is 2.94. The number of hydrogen-bond acceptors (Lipinski definition) is 6. The standard InChI is InChI=1S/C21H17N7O2S/c1-13(10-22)19(29)23-8-9-28-16-5-3-2-4-15(16)26-21(28)27-20(30)18-7-6-17(31-18)14-11-24-25-12-14/h2-7,11-12H,1,8-9H2,(H,23,29)(H,24,25)(H,26,27,30). The van der Waals surface area contributed by atoms with Crippen molar-refractivity contribution in [1.29, 1.82) is 5.26 Å². The molecule has 0 atom stereocenters. The fourth-order valence-corrected chi connectivity index (χ4v) is 3.88. The van der Waals surface area contributed by atoms with Crippen LogP contribution >= 0.6 is 11.3 Å². The SMILES string of the molecule is C=C(C#N)C(=O)NCCn1c(NC(=O)c2ccc(-c3cn[nH]c3)s2)nc2ccccc21. The van der Waals surface area contributed by atoms with E-state index in [9.17, 15) is 9.59 Å². The number of aromatic amines is 1. The lowest BCUT2D eigenvalue weighted by molar-refractivity contribution is -0.117. The molecule has 3 heterocycles. The minimum Gasteiger partial charge on any atom is -0.350 e. The van der Waals surface area contributed by atoms with Crippen molar-refractivity contribution in [2.45, 2.75) is 6.54 Å². The third-order valence-corrected chi connectivity index (χ3v) is 5.66. The summed E-state index contributed by atoms with van der Waals surface area (Å²) in [6, 6.07) is 12.8. The number of H-pyrrole nitrogens is 1. The zero-order valence-corrected chi connectivity index (χ0v) is 17.1. The van der Waals surface area contributed by atoms with Gasteiger partial charge >= 0.3 is 0 Å². The van der Waals surface area contributed by atoms with Crippen LogP contribution in [0.2, 0.25) is 0 Å². The van der Waals surface area contributed by atoms with Gasteiger partial charge in [0, 0.05) is 29.7 Å². The number of aromatic nitrogens is 4. The molecule has 1 aromatic carbocycles. The number of anilines is 1. The highest BCUT2D eigenvalue weighted by Gasteiger charge is 2.17. The lowest BCUT2D eigenvalue weighted by Gasteiger charge is -2.10. The highest BCUT2D eigenvalue weighted by molar-refractivity contribution is 7.17. The molecule has 0 saturated carbocycles. The minimum absolute atomic E-state index is 0.157. The number of thiophene rings is 1. The summed E-state index contributed by atoms with van der Waals surface area (Å²) in [6.45, 7) is 3.99. The van der Waals surface area contributed by atoms with E-state index in [1.54, 1.807) is 24.5 Å². The monoisotopic (exact) mass is 431 g/mol. The molecule has 3 aromatic heterocycles. The van der Waals surface area contributed by atoms with Crippen molar-refractivity contribution in [1.82, 2.24) is 25.1 Å². The van der Waals surface area contributed by atoms with Gasteiger partial charge in [0.25, 0.3) is 11.8 Å². The number of nitriles is 1. The molecule has 4 aromatic rings. The number of para-hydroxylation sites is 2. The van der Waals surface area contributed by atoms with E-state index >= 15 is 0 Å². The van der Waals surface area contributed by atoms with Gasteiger partial charge in [-0.15, -0.1) is 11.3 Å². The zero-order valence-electron chi connectivity index (χ0n) is 16.3. The van der Waals surface area contributed by atoms with Crippen LogP contribution in [-0.4, -0.2) is 38.1 Å². The predicted molar refractivity (Wildman–Crippen MR) is 117 cm³/mol. The summed E-state index contributed by atoms with van der Waals surface area (Å²) in [5.74, 6) is -0.432. The molecular formula is C21H17N7O2S. The van der Waals surface area contributed by atoms with E-state index in [1.165, 1.54) is 11.3 Å². The van der Waals surface area contributed by atoms with Crippen molar-refractivity contribution in [3.8, 4) is 16.5 Å². The second kappa shape index (κ2) is 8.64. The first-order valence-corrected chi connectivity index (χ1v) is 10.1. The average Bonchev–Trinajstić information content (AvgIpc) is 3.53. The summed E-state index contributed by atoms with van der Waals surface area (Å²) in [5.41, 5.74) is 2.29. The van der Waals surface area contributed by atoms with Crippen LogP contribution in [0.25, 0.3) is 21.5 Å². The van der Waals surface area contributed by atoms with Crippen LogP contribution in [-0.2, 0) is 11.3 Å². The summed E-state index contributed by atoms with van der Waals surface area (Å²) in [6.07, 6.45) is 3.46. The van der Waals surface area contributed by atoms with Crippen molar-refractivity contribution >= 4 is 40.1 Å². The molecule has 154 valence electrons. The van der Waals surface area contributed by atoms with Gasteiger partial charge in [0.1, 0.15) is 11.6 Å². The van der Waals surface area contributed by atoms with Crippen LogP contribution in [0.15, 0.2) is 60.9 Å². The van der Waals surface area contributed by atoms with E-state index in [1.807, 2.05) is 34.9 Å². The van der Waals surface area contributed by atoms with Gasteiger partial charge in [-0.25, -0.2) is 4.98 Å². The third kappa shape index (κ3) is 4.22. The maximum absolute atomic E-state index is 12.8. The van der Waals surface area contributed by atoms with Crippen LogP contribution in [0.3, 0.4) is 0 Å². The van der Waals surface area contributed by atoms with Crippen LogP contribution in [0.4, 0.5) is 5.95 Å². The molecule has 0 aliphatic heterocycles. The molecule has 0 saturated heterocycles. The Bertz CT molecular complexity index is 1310. The Labute approximate surface area is 181 Å². The van der Waals surface area contributed by atoms with Gasteiger partial charge in [-0.2, -0.15) is 10.4 Å². The Morgan fingerprint density at radius 3 is 2.87 bits per heavy atom. The van der Waals surface area contributed by atoms with Gasteiger partial charge < -0.3 is 9.88 Å². The topological polar surface area (TPSA) is 128 Å². The molecule has 10 heteroatoms. The van der Waals surface area contributed by atoms with Crippen LogP contribution < -0.4 is 10.6 Å². The van der Waals surface area contributed by atoms with Crippen LogP contribution in [0.1, 0.15) is 9.67 Å². The largest absolute Gasteiger partial charge is 0.350 e. The Kier molecular flexibility index (Phi) is 5.59. The fraction of sp³-hybridized carbons (Fsp3) is 0.0952. The van der Waals surface area contributed by atoms with Crippen molar-refractivity contribution in [3.05, 3.63) is 65.8 Å². The Morgan fingerprint density at radius 2 is 2.10 bits per heavy atom. The summed E-state index contributed by atoms with van der Waals surface area (Å²) in [7, 11) is 0. The highest BCUT2D eigenvalue weighted by atomic mass is 32.1. The van der Waals surface area contributed by atoms with E-state index in [2.05, 4.69) is 32.4 Å². The summed E-state index contributed by atoms with van der Waals surface area (Å²) in [4.78, 5) is 30.6. The molecule has 0 aliphatic rings. The highest BCUT2D eigenvalue weighted by Crippen LogP contribution is 2.28. The summed E-state index contributed by atoms with van der Waals surface area (Å²) in [5, 5.41) is 21.0. The van der Waals surface area contributed by atoms with Crippen molar-refractivity contribution < 1.29 is 9.59 Å². The number of imidazole rings is 1. The normalized spacial score (nSPS) is 10.5. The smallest absolute Gasteiger partial charge is 0.268 e. The maximum atomic E-state index is 12.8. The molecule has 0 spiro atoms. The lowest BCUT2D eigenvalue weighted by atomic mass is 10.3. The number of amides is 2. The van der Waals surface area contributed by atoms with Crippen molar-refractivity contribution in [3.63, 3.8) is 0 Å². The Morgan fingerprint density at radius 1 is 1.26 bits per heavy atom. The first kappa shape index (κ1) is 20.1. The third-order valence-electron chi connectivity index (χ3n) is 4.52. The van der Waals surface area contributed by atoms with E-state index < -0.39 is 5.91 Å². The molecule has 4 rings (SSSR count). The molecule has 2 amide bonds. The van der Waals surface area contributed by atoms with Gasteiger partial charge in [-0.05, 0) is 24.3 Å². The molecule has 0 aliphatic carbocycles. The van der Waals surface area contributed by atoms with Crippen LogP contribution in [0.5, 0.6) is 0 Å². The first-order valence-electron chi connectivity index (χ1n) is 9.29. The molecule has 9 nitrogen and oxygen atoms in total. The quantitative estimate of drug-likeness (QED) is 0.306. The van der Waals surface area contributed by atoms with Gasteiger partial charge in [-0.3, -0.25) is 20.0 Å². The van der Waals surface area contributed by atoms with E-state index in [-0.39, 0.29) is 18.0 Å². The fourth-order valence-electron chi connectivity index (χ4n) is 3.00. The summed E-state index contributed by atoms with van der Waals surface area (Å²) >= 11 is 1.35. The zero-order chi connectivity index (χ0) is 21.8. The molecule has 0 fully saturated rings. The van der Waals surface area contributed by atoms with Gasteiger partial charge in [-0.1, -0.05) is 18.7 Å². The molecule has 3 N–H and O–H groups in total. The lowest BCUT2D eigenvalue weighted by Crippen LogP contribution is -2.28. The number of fused-ring (bicyclic) bond motifs is 1. The van der Waals surface area contributed by atoms with E-state index in [4.69, 9.17) is 5.26 Å². The molecular weight excluding hydrogens is 414 g/mol. The van der Waals surface area contributed by atoms with Crippen LogP contribution in [0, 0.1) is 11.3 Å². The number of rotatable bonds is 7. The number of carbonyl (C=O) groups is 2. The van der Waals surface area contributed by atoms with Gasteiger partial charge in [0.05, 0.1) is 22.1 Å². The molecule has 0 bridgehead atoms. The number of hydrogen-bond donors (Lipinski definition) is 3. The number of benzene rings is 1. The van der Waals surface area contributed by atoms with Gasteiger partial charge in [0.15, 0.2) is 0 Å². The average molecular weight is 431 g/mol. The summed E-state index contributed by atoms with van der Waals surface area (Å²) < 4.78 is 1.81. The number of carbonyl (C=O) groups excluding carboxylic acids is 2. The second-order valence-electron chi connectivity index (χ2n) is 6.53. The van der Waals surface area contributed by atoms with Crippen molar-refractivity contribution in [2.75, 3.05) is 11.9 Å². The van der Waals surface area contributed by atoms with E-state index in [0.717, 1.165) is 21.5 Å². The molecule has 31 heavy (non-hydrogen) atoms. The Hall–Kier alpha value is -4.23. The van der Waals surface area contributed by atoms with Gasteiger partial charge in [0.2, 0.25) is 5.95 Å². The Balaban J connectivity index is 1.54. The number of nitrogens with one attached hydrogen (secondary N) is 3.